The third-order valence-corrected chi connectivity index (χ3v) is 4.92. The van der Waals surface area contributed by atoms with Crippen molar-refractivity contribution in [2.24, 2.45) is 16.6 Å². The maximum Gasteiger partial charge on any atom is 0.00499 e. The Labute approximate surface area is 108 Å². The van der Waals surface area contributed by atoms with Gasteiger partial charge in [0.25, 0.3) is 0 Å². The minimum atomic E-state index is 0.356. The predicted molar refractivity (Wildman–Crippen MR) is 76.1 cm³/mol. The zero-order chi connectivity index (χ0) is 12.9. The minimum absolute atomic E-state index is 0.356. The molecule has 1 rings (SSSR count). The van der Waals surface area contributed by atoms with Crippen molar-refractivity contribution in [3.8, 4) is 0 Å². The van der Waals surface area contributed by atoms with Crippen LogP contribution >= 0.6 is 0 Å². The molecule has 1 saturated heterocycles. The molecule has 1 heterocycles. The third kappa shape index (κ3) is 4.26. The molecule has 1 fully saturated rings. The van der Waals surface area contributed by atoms with Gasteiger partial charge in [-0.25, -0.2) is 0 Å². The van der Waals surface area contributed by atoms with Crippen molar-refractivity contribution in [2.75, 3.05) is 26.2 Å². The lowest BCUT2D eigenvalue weighted by atomic mass is 9.81. The summed E-state index contributed by atoms with van der Waals surface area (Å²) in [6.07, 6.45) is 6.47. The van der Waals surface area contributed by atoms with Gasteiger partial charge in [0.05, 0.1) is 0 Å². The fraction of sp³-hybridized carbons (Fsp3) is 1.00. The van der Waals surface area contributed by atoms with E-state index < -0.39 is 0 Å². The molecule has 0 atom stereocenters. The van der Waals surface area contributed by atoms with E-state index in [4.69, 9.17) is 5.73 Å². The molecule has 0 bridgehead atoms. The minimum Gasteiger partial charge on any atom is -0.330 e. The molecule has 0 amide bonds. The van der Waals surface area contributed by atoms with Crippen LogP contribution in [-0.2, 0) is 0 Å². The van der Waals surface area contributed by atoms with Crippen molar-refractivity contribution in [3.63, 3.8) is 0 Å². The van der Waals surface area contributed by atoms with E-state index >= 15 is 0 Å². The molecule has 0 saturated carbocycles. The summed E-state index contributed by atoms with van der Waals surface area (Å²) in [6.45, 7) is 14.0. The van der Waals surface area contributed by atoms with E-state index in [0.29, 0.717) is 10.8 Å². The predicted octanol–water partition coefficient (Wildman–Crippen LogP) is 3.26. The second kappa shape index (κ2) is 6.19. The first kappa shape index (κ1) is 15.0. The van der Waals surface area contributed by atoms with E-state index in [1.54, 1.807) is 0 Å². The van der Waals surface area contributed by atoms with Crippen LogP contribution < -0.4 is 5.73 Å². The Morgan fingerprint density at radius 2 is 1.76 bits per heavy atom. The van der Waals surface area contributed by atoms with Crippen LogP contribution in [-0.4, -0.2) is 31.1 Å². The Morgan fingerprint density at radius 1 is 1.12 bits per heavy atom. The van der Waals surface area contributed by atoms with Crippen LogP contribution in [0, 0.1) is 10.8 Å². The van der Waals surface area contributed by atoms with E-state index in [9.17, 15) is 0 Å². The molecule has 0 aromatic carbocycles. The SMILES string of the molecule is CCC(CC)(CN)CN1CCCC(C)(C)CC1. The summed E-state index contributed by atoms with van der Waals surface area (Å²) in [4.78, 5) is 2.66. The smallest absolute Gasteiger partial charge is 0.00499 e. The van der Waals surface area contributed by atoms with Crippen LogP contribution in [0.4, 0.5) is 0 Å². The molecule has 0 aromatic heterocycles. The maximum atomic E-state index is 6.01. The summed E-state index contributed by atoms with van der Waals surface area (Å²) in [5, 5.41) is 0. The topological polar surface area (TPSA) is 29.3 Å². The Kier molecular flexibility index (Phi) is 5.46. The Balaban J connectivity index is 2.56. The summed E-state index contributed by atoms with van der Waals surface area (Å²) in [5.41, 5.74) is 6.91. The molecule has 0 aliphatic carbocycles. The molecule has 2 nitrogen and oxygen atoms in total. The van der Waals surface area contributed by atoms with E-state index in [1.165, 1.54) is 51.7 Å². The van der Waals surface area contributed by atoms with Crippen molar-refractivity contribution in [2.45, 2.75) is 59.8 Å². The lowest BCUT2D eigenvalue weighted by Gasteiger charge is -2.36. The highest BCUT2D eigenvalue weighted by Gasteiger charge is 2.30. The van der Waals surface area contributed by atoms with Crippen molar-refractivity contribution < 1.29 is 0 Å². The average molecular weight is 240 g/mol. The third-order valence-electron chi connectivity index (χ3n) is 4.92. The van der Waals surface area contributed by atoms with Gasteiger partial charge in [-0.3, -0.25) is 0 Å². The van der Waals surface area contributed by atoms with Gasteiger partial charge in [-0.15, -0.1) is 0 Å². The van der Waals surface area contributed by atoms with E-state index in [-0.39, 0.29) is 0 Å². The summed E-state index contributed by atoms with van der Waals surface area (Å²) in [7, 11) is 0. The number of hydrogen-bond acceptors (Lipinski definition) is 2. The van der Waals surface area contributed by atoms with Gasteiger partial charge >= 0.3 is 0 Å². The lowest BCUT2D eigenvalue weighted by Crippen LogP contribution is -2.42. The van der Waals surface area contributed by atoms with Gasteiger partial charge in [0, 0.05) is 6.54 Å². The van der Waals surface area contributed by atoms with Gasteiger partial charge in [0.15, 0.2) is 0 Å². The quantitative estimate of drug-likeness (QED) is 0.799. The molecule has 102 valence electrons. The normalized spacial score (nSPS) is 22.4. The maximum absolute atomic E-state index is 6.01. The first-order valence-corrected chi connectivity index (χ1v) is 7.39. The lowest BCUT2D eigenvalue weighted by molar-refractivity contribution is 0.143. The fourth-order valence-electron chi connectivity index (χ4n) is 2.94. The average Bonchev–Trinajstić information content (AvgIpc) is 2.48. The van der Waals surface area contributed by atoms with Crippen molar-refractivity contribution >= 4 is 0 Å². The molecule has 2 heteroatoms. The number of rotatable bonds is 5. The number of nitrogens with zero attached hydrogens (tertiary/aromatic N) is 1. The van der Waals surface area contributed by atoms with Gasteiger partial charge < -0.3 is 10.6 Å². The first-order chi connectivity index (χ1) is 7.97. The molecule has 0 unspecified atom stereocenters. The van der Waals surface area contributed by atoms with Crippen LogP contribution in [0.3, 0.4) is 0 Å². The Bertz CT molecular complexity index is 211. The second-order valence-electron chi connectivity index (χ2n) is 6.71. The van der Waals surface area contributed by atoms with Gasteiger partial charge in [0.1, 0.15) is 0 Å². The summed E-state index contributed by atoms with van der Waals surface area (Å²) < 4.78 is 0. The second-order valence-corrected chi connectivity index (χ2v) is 6.71. The van der Waals surface area contributed by atoms with Crippen molar-refractivity contribution in [1.82, 2.24) is 4.90 Å². The van der Waals surface area contributed by atoms with Crippen LogP contribution in [0.1, 0.15) is 59.8 Å². The summed E-state index contributed by atoms with van der Waals surface area (Å²) in [5.74, 6) is 0. The van der Waals surface area contributed by atoms with Crippen LogP contribution in [0.15, 0.2) is 0 Å². The summed E-state index contributed by atoms with van der Waals surface area (Å²) >= 11 is 0. The van der Waals surface area contributed by atoms with Gasteiger partial charge in [-0.1, -0.05) is 27.7 Å². The van der Waals surface area contributed by atoms with Gasteiger partial charge in [-0.2, -0.15) is 0 Å². The fourth-order valence-corrected chi connectivity index (χ4v) is 2.94. The molecule has 17 heavy (non-hydrogen) atoms. The molecule has 2 N–H and O–H groups in total. The highest BCUT2D eigenvalue weighted by Crippen LogP contribution is 2.32. The zero-order valence-corrected chi connectivity index (χ0v) is 12.4. The Morgan fingerprint density at radius 3 is 2.29 bits per heavy atom. The molecule has 0 radical (unpaired) electrons. The highest BCUT2D eigenvalue weighted by molar-refractivity contribution is 4.84. The van der Waals surface area contributed by atoms with Crippen LogP contribution in [0.2, 0.25) is 0 Å². The molecule has 1 aliphatic heterocycles. The van der Waals surface area contributed by atoms with E-state index in [1.807, 2.05) is 0 Å². The molecule has 0 aromatic rings. The zero-order valence-electron chi connectivity index (χ0n) is 12.4. The van der Waals surface area contributed by atoms with Crippen LogP contribution in [0.5, 0.6) is 0 Å². The highest BCUT2D eigenvalue weighted by atomic mass is 15.1. The van der Waals surface area contributed by atoms with Gasteiger partial charge in [0.2, 0.25) is 0 Å². The number of hydrogen-bond donors (Lipinski definition) is 1. The van der Waals surface area contributed by atoms with E-state index in [2.05, 4.69) is 32.6 Å². The molecular weight excluding hydrogens is 208 g/mol. The first-order valence-electron chi connectivity index (χ1n) is 7.39. The Hall–Kier alpha value is -0.0800. The number of likely N-dealkylation sites (tertiary alicyclic amines) is 1. The standard InChI is InChI=1S/C15H32N2/c1-5-15(6-2,12-16)13-17-10-7-8-14(3,4)9-11-17/h5-13,16H2,1-4H3. The molecular formula is C15H32N2. The number of nitrogens with two attached hydrogens (primary N) is 1. The van der Waals surface area contributed by atoms with Crippen molar-refractivity contribution in [3.05, 3.63) is 0 Å². The largest absolute Gasteiger partial charge is 0.330 e. The van der Waals surface area contributed by atoms with E-state index in [0.717, 1.165) is 6.54 Å². The van der Waals surface area contributed by atoms with Crippen molar-refractivity contribution in [1.29, 1.82) is 0 Å². The monoisotopic (exact) mass is 240 g/mol. The molecule has 0 spiro atoms. The molecule has 1 aliphatic rings. The van der Waals surface area contributed by atoms with Gasteiger partial charge in [-0.05, 0) is 62.6 Å². The summed E-state index contributed by atoms with van der Waals surface area (Å²) in [6, 6.07) is 0. The van der Waals surface area contributed by atoms with Crippen LogP contribution in [0.25, 0.3) is 0 Å².